The topological polar surface area (TPSA) is 105 Å². The third-order valence-corrected chi connectivity index (χ3v) is 7.37. The van der Waals surface area contributed by atoms with Gasteiger partial charge < -0.3 is 19.9 Å². The molecular formula is C25H25N5O4S. The molecule has 1 N–H and O–H groups in total. The number of methoxy groups -OCH3 is 1. The van der Waals surface area contributed by atoms with E-state index in [-0.39, 0.29) is 30.1 Å². The molecule has 2 saturated heterocycles. The van der Waals surface area contributed by atoms with Gasteiger partial charge in [0.05, 0.1) is 13.0 Å². The fourth-order valence-corrected chi connectivity index (χ4v) is 5.24. The van der Waals surface area contributed by atoms with Gasteiger partial charge in [-0.2, -0.15) is 0 Å². The highest BCUT2D eigenvalue weighted by atomic mass is 32.1. The number of hydrogen-bond donors (Lipinski definition) is 1. The quantitative estimate of drug-likeness (QED) is 0.567. The molecule has 35 heavy (non-hydrogen) atoms. The number of hydrogen-bond acceptors (Lipinski definition) is 7. The molecule has 1 aromatic heterocycles. The fraction of sp³-hybridized carbons (Fsp3) is 0.320. The Morgan fingerprint density at radius 1 is 0.943 bits per heavy atom. The van der Waals surface area contributed by atoms with E-state index in [0.717, 1.165) is 22.7 Å². The Bertz CT molecular complexity index is 1260. The van der Waals surface area contributed by atoms with E-state index in [4.69, 9.17) is 4.74 Å². The Hall–Kier alpha value is -3.79. The van der Waals surface area contributed by atoms with Gasteiger partial charge in [-0.05, 0) is 43.3 Å². The molecule has 0 saturated carbocycles. The zero-order valence-electron chi connectivity index (χ0n) is 19.4. The zero-order valence-corrected chi connectivity index (χ0v) is 20.2. The van der Waals surface area contributed by atoms with Gasteiger partial charge in [0.2, 0.25) is 22.9 Å². The molecular weight excluding hydrogens is 466 g/mol. The lowest BCUT2D eigenvalue weighted by Gasteiger charge is -2.16. The number of aryl methyl sites for hydroxylation is 1. The van der Waals surface area contributed by atoms with Gasteiger partial charge in [0.25, 0.3) is 0 Å². The maximum Gasteiger partial charge on any atom is 0.231 e. The van der Waals surface area contributed by atoms with Gasteiger partial charge >= 0.3 is 0 Å². The second-order valence-electron chi connectivity index (χ2n) is 8.78. The van der Waals surface area contributed by atoms with Gasteiger partial charge in [-0.3, -0.25) is 14.4 Å². The first kappa shape index (κ1) is 23.0. The summed E-state index contributed by atoms with van der Waals surface area (Å²) >= 11 is 1.27. The van der Waals surface area contributed by atoms with E-state index >= 15 is 0 Å². The largest absolute Gasteiger partial charge is 0.497 e. The number of anilines is 3. The number of amides is 3. The van der Waals surface area contributed by atoms with Crippen molar-refractivity contribution >= 4 is 45.6 Å². The molecule has 3 amide bonds. The van der Waals surface area contributed by atoms with Crippen LogP contribution in [0.3, 0.4) is 0 Å². The van der Waals surface area contributed by atoms with Crippen molar-refractivity contribution in [2.24, 2.45) is 5.92 Å². The van der Waals surface area contributed by atoms with Crippen LogP contribution in [-0.2, 0) is 14.4 Å². The van der Waals surface area contributed by atoms with Crippen LogP contribution in [0.2, 0.25) is 0 Å². The standard InChI is InChI=1S/C25H25N5O4S/c1-15-3-5-18(6-4-15)29-13-16(11-21(29)31)23(33)26-25-28-27-24(35-25)17-12-22(32)30(14-17)19-7-9-20(34-2)10-8-19/h3-10,16-17H,11-14H2,1-2H3,(H,26,28,33). The molecule has 2 aliphatic heterocycles. The molecule has 3 aromatic rings. The van der Waals surface area contributed by atoms with Crippen LogP contribution >= 0.6 is 11.3 Å². The molecule has 2 unspecified atom stereocenters. The first-order valence-corrected chi connectivity index (χ1v) is 12.2. The van der Waals surface area contributed by atoms with Crippen molar-refractivity contribution in [2.45, 2.75) is 25.7 Å². The van der Waals surface area contributed by atoms with E-state index < -0.39 is 5.92 Å². The minimum absolute atomic E-state index is 0.0154. The van der Waals surface area contributed by atoms with Gasteiger partial charge in [0.1, 0.15) is 10.8 Å². The first-order valence-electron chi connectivity index (χ1n) is 11.4. The molecule has 2 fully saturated rings. The minimum atomic E-state index is -0.463. The maximum absolute atomic E-state index is 12.8. The molecule has 0 bridgehead atoms. The highest BCUT2D eigenvalue weighted by Gasteiger charge is 2.37. The summed E-state index contributed by atoms with van der Waals surface area (Å²) in [5, 5.41) is 12.2. The lowest BCUT2D eigenvalue weighted by atomic mass is 10.1. The normalized spacial score (nSPS) is 19.9. The van der Waals surface area contributed by atoms with Crippen LogP contribution in [0.4, 0.5) is 16.5 Å². The van der Waals surface area contributed by atoms with E-state index in [2.05, 4.69) is 15.5 Å². The molecule has 0 aliphatic carbocycles. The Morgan fingerprint density at radius 3 is 2.26 bits per heavy atom. The summed E-state index contributed by atoms with van der Waals surface area (Å²) in [4.78, 5) is 41.3. The first-order chi connectivity index (χ1) is 16.9. The van der Waals surface area contributed by atoms with Crippen molar-refractivity contribution in [1.29, 1.82) is 0 Å². The monoisotopic (exact) mass is 491 g/mol. The highest BCUT2D eigenvalue weighted by Crippen LogP contribution is 2.35. The van der Waals surface area contributed by atoms with Crippen LogP contribution in [0.15, 0.2) is 48.5 Å². The predicted molar refractivity (Wildman–Crippen MR) is 133 cm³/mol. The SMILES string of the molecule is COc1ccc(N2CC(c3nnc(NC(=O)C4CC(=O)N(c5ccc(C)cc5)C4)s3)CC2=O)cc1. The number of aromatic nitrogens is 2. The third kappa shape index (κ3) is 4.74. The average Bonchev–Trinajstić information content (AvgIpc) is 3.58. The number of nitrogens with zero attached hydrogens (tertiary/aromatic N) is 4. The summed E-state index contributed by atoms with van der Waals surface area (Å²) in [6.07, 6.45) is 0.483. The van der Waals surface area contributed by atoms with Crippen molar-refractivity contribution in [3.63, 3.8) is 0 Å². The zero-order chi connectivity index (χ0) is 24.5. The van der Waals surface area contributed by atoms with Crippen molar-refractivity contribution in [2.75, 3.05) is 35.3 Å². The molecule has 0 radical (unpaired) electrons. The molecule has 2 aliphatic rings. The summed E-state index contributed by atoms with van der Waals surface area (Å²) in [5.74, 6) is -0.144. The lowest BCUT2D eigenvalue weighted by molar-refractivity contribution is -0.122. The van der Waals surface area contributed by atoms with Crippen LogP contribution < -0.4 is 19.9 Å². The van der Waals surface area contributed by atoms with Crippen molar-refractivity contribution in [3.8, 4) is 5.75 Å². The minimum Gasteiger partial charge on any atom is -0.497 e. The smallest absolute Gasteiger partial charge is 0.231 e. The summed E-state index contributed by atoms with van der Waals surface area (Å²) in [5.41, 5.74) is 2.71. The molecule has 2 atom stereocenters. The van der Waals surface area contributed by atoms with Crippen molar-refractivity contribution in [1.82, 2.24) is 10.2 Å². The Morgan fingerprint density at radius 2 is 1.57 bits per heavy atom. The Kier molecular flexibility index (Phi) is 6.21. The second kappa shape index (κ2) is 9.46. The number of rotatable bonds is 6. The van der Waals surface area contributed by atoms with Crippen LogP contribution in [-0.4, -0.2) is 48.1 Å². The van der Waals surface area contributed by atoms with E-state index in [1.54, 1.807) is 16.9 Å². The van der Waals surface area contributed by atoms with E-state index in [0.29, 0.717) is 29.6 Å². The highest BCUT2D eigenvalue weighted by molar-refractivity contribution is 7.15. The third-order valence-electron chi connectivity index (χ3n) is 6.37. The molecule has 10 heteroatoms. The van der Waals surface area contributed by atoms with Crippen LogP contribution in [0.25, 0.3) is 0 Å². The van der Waals surface area contributed by atoms with Gasteiger partial charge in [0, 0.05) is 43.2 Å². The van der Waals surface area contributed by atoms with Gasteiger partial charge in [0.15, 0.2) is 0 Å². The second-order valence-corrected chi connectivity index (χ2v) is 9.79. The predicted octanol–water partition coefficient (Wildman–Crippen LogP) is 3.37. The summed E-state index contributed by atoms with van der Waals surface area (Å²) in [6.45, 7) is 2.81. The molecule has 9 nitrogen and oxygen atoms in total. The molecule has 5 rings (SSSR count). The molecule has 2 aromatic carbocycles. The van der Waals surface area contributed by atoms with Gasteiger partial charge in [-0.1, -0.05) is 29.0 Å². The number of carbonyl (C=O) groups excluding carboxylic acids is 3. The Balaban J connectivity index is 1.20. The van der Waals surface area contributed by atoms with E-state index in [1.165, 1.54) is 11.3 Å². The number of carbonyl (C=O) groups is 3. The molecule has 3 heterocycles. The number of benzene rings is 2. The summed E-state index contributed by atoms with van der Waals surface area (Å²) in [6, 6.07) is 15.0. The van der Waals surface area contributed by atoms with Crippen molar-refractivity contribution in [3.05, 3.63) is 59.1 Å². The summed E-state index contributed by atoms with van der Waals surface area (Å²) < 4.78 is 5.18. The van der Waals surface area contributed by atoms with Crippen LogP contribution in [0, 0.1) is 12.8 Å². The number of nitrogens with one attached hydrogen (secondary N) is 1. The van der Waals surface area contributed by atoms with Gasteiger partial charge in [-0.25, -0.2) is 0 Å². The van der Waals surface area contributed by atoms with Crippen LogP contribution in [0.1, 0.15) is 29.3 Å². The molecule has 0 spiro atoms. The Labute approximate surface area is 206 Å². The fourth-order valence-electron chi connectivity index (χ4n) is 4.40. The summed E-state index contributed by atoms with van der Waals surface area (Å²) in [7, 11) is 1.60. The maximum atomic E-state index is 12.8. The lowest BCUT2D eigenvalue weighted by Crippen LogP contribution is -2.28. The van der Waals surface area contributed by atoms with E-state index in [9.17, 15) is 14.4 Å². The average molecular weight is 492 g/mol. The van der Waals surface area contributed by atoms with Crippen molar-refractivity contribution < 1.29 is 19.1 Å². The molecule has 180 valence electrons. The number of ether oxygens (including phenoxy) is 1. The van der Waals surface area contributed by atoms with Crippen LogP contribution in [0.5, 0.6) is 5.75 Å². The van der Waals surface area contributed by atoms with Gasteiger partial charge in [-0.15, -0.1) is 10.2 Å². The van der Waals surface area contributed by atoms with E-state index in [1.807, 2.05) is 55.5 Å².